The first-order chi connectivity index (χ1) is 11.8. The van der Waals surface area contributed by atoms with Crippen molar-refractivity contribution in [2.24, 2.45) is 5.16 Å². The molecule has 3 rings (SSSR count). The predicted octanol–water partition coefficient (Wildman–Crippen LogP) is 4.52. The van der Waals surface area contributed by atoms with Crippen molar-refractivity contribution >= 4 is 23.5 Å². The van der Waals surface area contributed by atoms with Crippen LogP contribution in [0.5, 0.6) is 5.75 Å². The summed E-state index contributed by atoms with van der Waals surface area (Å²) in [6.07, 6.45) is 1.49. The van der Waals surface area contributed by atoms with Crippen LogP contribution in [0.3, 0.4) is 0 Å². The van der Waals surface area contributed by atoms with E-state index in [-0.39, 0.29) is 0 Å². The Morgan fingerprint density at radius 3 is 2.50 bits per heavy atom. The van der Waals surface area contributed by atoms with Gasteiger partial charge in [-0.3, -0.25) is 0 Å². The standard InChI is InChI=1S/C19H15NO3S/c21-19(18-7-4-12-24-18)23-20-13-15-8-10-17(11-9-15)22-14-16-5-2-1-3-6-16/h1-13H,14H2/b20-13+. The zero-order valence-electron chi connectivity index (χ0n) is 12.8. The minimum Gasteiger partial charge on any atom is -0.489 e. The highest BCUT2D eigenvalue weighted by molar-refractivity contribution is 7.11. The number of ether oxygens (including phenoxy) is 1. The number of oxime groups is 1. The Kier molecular flexibility index (Phi) is 5.37. The Balaban J connectivity index is 1.51. The Bertz CT molecular complexity index is 796. The number of rotatable bonds is 6. The topological polar surface area (TPSA) is 47.9 Å². The van der Waals surface area contributed by atoms with Gasteiger partial charge in [0.1, 0.15) is 17.2 Å². The van der Waals surface area contributed by atoms with E-state index in [1.165, 1.54) is 17.6 Å². The molecule has 0 N–H and O–H groups in total. The van der Waals surface area contributed by atoms with Gasteiger partial charge in [0.05, 0.1) is 6.21 Å². The van der Waals surface area contributed by atoms with Crippen molar-refractivity contribution in [1.82, 2.24) is 0 Å². The highest BCUT2D eigenvalue weighted by Crippen LogP contribution is 2.14. The molecule has 120 valence electrons. The number of thiophene rings is 1. The van der Waals surface area contributed by atoms with Gasteiger partial charge >= 0.3 is 5.97 Å². The molecule has 0 radical (unpaired) electrons. The van der Waals surface area contributed by atoms with Gasteiger partial charge in [-0.05, 0) is 46.8 Å². The molecule has 2 aromatic carbocycles. The molecule has 0 unspecified atom stereocenters. The van der Waals surface area contributed by atoms with Crippen molar-refractivity contribution < 1.29 is 14.4 Å². The highest BCUT2D eigenvalue weighted by atomic mass is 32.1. The van der Waals surface area contributed by atoms with E-state index in [0.29, 0.717) is 11.5 Å². The van der Waals surface area contributed by atoms with E-state index in [1.54, 1.807) is 12.1 Å². The summed E-state index contributed by atoms with van der Waals surface area (Å²) in [6.45, 7) is 0.521. The second kappa shape index (κ2) is 8.08. The predicted molar refractivity (Wildman–Crippen MR) is 94.5 cm³/mol. The maximum atomic E-state index is 11.6. The zero-order valence-corrected chi connectivity index (χ0v) is 13.6. The van der Waals surface area contributed by atoms with Gasteiger partial charge in [0.15, 0.2) is 0 Å². The van der Waals surface area contributed by atoms with Crippen LogP contribution in [0.25, 0.3) is 0 Å². The molecular formula is C19H15NO3S. The van der Waals surface area contributed by atoms with E-state index in [4.69, 9.17) is 9.57 Å². The summed E-state index contributed by atoms with van der Waals surface area (Å²) in [5.74, 6) is 0.315. The number of carbonyl (C=O) groups is 1. The van der Waals surface area contributed by atoms with Gasteiger partial charge in [0, 0.05) is 0 Å². The summed E-state index contributed by atoms with van der Waals surface area (Å²) in [5.41, 5.74) is 1.93. The summed E-state index contributed by atoms with van der Waals surface area (Å²) in [4.78, 5) is 17.0. The Morgan fingerprint density at radius 1 is 1.00 bits per heavy atom. The number of benzene rings is 2. The first kappa shape index (κ1) is 16.0. The summed E-state index contributed by atoms with van der Waals surface area (Å²) in [5, 5.41) is 5.53. The molecule has 0 fully saturated rings. The van der Waals surface area contributed by atoms with Crippen LogP contribution < -0.4 is 4.74 Å². The lowest BCUT2D eigenvalue weighted by molar-refractivity contribution is 0.0525. The van der Waals surface area contributed by atoms with E-state index >= 15 is 0 Å². The van der Waals surface area contributed by atoms with E-state index in [0.717, 1.165) is 16.9 Å². The summed E-state index contributed by atoms with van der Waals surface area (Å²) >= 11 is 1.32. The molecular weight excluding hydrogens is 322 g/mol. The van der Waals surface area contributed by atoms with E-state index < -0.39 is 5.97 Å². The van der Waals surface area contributed by atoms with Gasteiger partial charge in [0.2, 0.25) is 0 Å². The van der Waals surface area contributed by atoms with Crippen molar-refractivity contribution in [3.63, 3.8) is 0 Å². The molecule has 0 aliphatic heterocycles. The van der Waals surface area contributed by atoms with Crippen molar-refractivity contribution in [3.05, 3.63) is 88.1 Å². The van der Waals surface area contributed by atoms with Gasteiger partial charge in [0.25, 0.3) is 0 Å². The van der Waals surface area contributed by atoms with Gasteiger partial charge in [-0.25, -0.2) is 4.79 Å². The van der Waals surface area contributed by atoms with Gasteiger partial charge in [-0.2, -0.15) is 0 Å². The lowest BCUT2D eigenvalue weighted by Gasteiger charge is -2.06. The average Bonchev–Trinajstić information content (AvgIpc) is 3.17. The number of hydrogen-bond donors (Lipinski definition) is 0. The van der Waals surface area contributed by atoms with Gasteiger partial charge < -0.3 is 9.57 Å². The molecule has 0 bridgehead atoms. The second-order valence-corrected chi connectivity index (χ2v) is 5.88. The fraction of sp³-hybridized carbons (Fsp3) is 0.0526. The van der Waals surface area contributed by atoms with Crippen molar-refractivity contribution in [2.45, 2.75) is 6.61 Å². The molecule has 4 nitrogen and oxygen atoms in total. The molecule has 0 amide bonds. The molecule has 0 aliphatic carbocycles. The van der Waals surface area contributed by atoms with Gasteiger partial charge in [-0.15, -0.1) is 11.3 Å². The minimum absolute atomic E-state index is 0.455. The SMILES string of the molecule is O=C(O/N=C/c1ccc(OCc2ccccc2)cc1)c1cccs1. The first-order valence-corrected chi connectivity index (χ1v) is 8.24. The molecule has 0 saturated carbocycles. The summed E-state index contributed by atoms with van der Waals surface area (Å²) in [6, 6.07) is 20.9. The maximum Gasteiger partial charge on any atom is 0.375 e. The maximum absolute atomic E-state index is 11.6. The molecule has 1 aromatic heterocycles. The zero-order chi connectivity index (χ0) is 16.6. The average molecular weight is 337 g/mol. The first-order valence-electron chi connectivity index (χ1n) is 7.36. The van der Waals surface area contributed by atoms with Crippen LogP contribution in [0, 0.1) is 0 Å². The van der Waals surface area contributed by atoms with E-state index in [1.807, 2.05) is 60.0 Å². The van der Waals surface area contributed by atoms with Crippen LogP contribution in [0.15, 0.2) is 77.3 Å². The highest BCUT2D eigenvalue weighted by Gasteiger charge is 2.06. The summed E-state index contributed by atoms with van der Waals surface area (Å²) in [7, 11) is 0. The van der Waals surface area contributed by atoms with Crippen LogP contribution in [0.4, 0.5) is 0 Å². The van der Waals surface area contributed by atoms with Crippen LogP contribution in [-0.4, -0.2) is 12.2 Å². The smallest absolute Gasteiger partial charge is 0.375 e. The van der Waals surface area contributed by atoms with Gasteiger partial charge in [-0.1, -0.05) is 41.6 Å². The largest absolute Gasteiger partial charge is 0.489 e. The minimum atomic E-state index is -0.455. The third kappa shape index (κ3) is 4.54. The molecule has 0 atom stereocenters. The molecule has 24 heavy (non-hydrogen) atoms. The fourth-order valence-corrected chi connectivity index (χ4v) is 2.56. The van der Waals surface area contributed by atoms with Crippen LogP contribution in [0.2, 0.25) is 0 Å². The number of nitrogens with zero attached hydrogens (tertiary/aromatic N) is 1. The lowest BCUT2D eigenvalue weighted by atomic mass is 10.2. The van der Waals surface area contributed by atoms with E-state index in [2.05, 4.69) is 5.16 Å². The van der Waals surface area contributed by atoms with Crippen LogP contribution in [-0.2, 0) is 11.4 Å². The van der Waals surface area contributed by atoms with Crippen LogP contribution >= 0.6 is 11.3 Å². The molecule has 5 heteroatoms. The lowest BCUT2D eigenvalue weighted by Crippen LogP contribution is -1.98. The normalized spacial score (nSPS) is 10.7. The third-order valence-corrected chi connectivity index (χ3v) is 4.04. The van der Waals surface area contributed by atoms with Crippen LogP contribution in [0.1, 0.15) is 20.8 Å². The number of hydrogen-bond acceptors (Lipinski definition) is 5. The third-order valence-electron chi connectivity index (χ3n) is 3.19. The molecule has 3 aromatic rings. The Morgan fingerprint density at radius 2 is 1.79 bits per heavy atom. The molecule has 1 heterocycles. The summed E-state index contributed by atoms with van der Waals surface area (Å²) < 4.78 is 5.71. The number of carbonyl (C=O) groups excluding carboxylic acids is 1. The van der Waals surface area contributed by atoms with E-state index in [9.17, 15) is 4.79 Å². The van der Waals surface area contributed by atoms with Crippen molar-refractivity contribution in [1.29, 1.82) is 0 Å². The molecule has 0 saturated heterocycles. The van der Waals surface area contributed by atoms with Crippen molar-refractivity contribution in [2.75, 3.05) is 0 Å². The quantitative estimate of drug-likeness (QED) is 0.377. The van der Waals surface area contributed by atoms with Crippen molar-refractivity contribution in [3.8, 4) is 5.75 Å². The molecule has 0 aliphatic rings. The molecule has 0 spiro atoms. The Labute approximate surface area is 144 Å². The monoisotopic (exact) mass is 337 g/mol. The second-order valence-electron chi connectivity index (χ2n) is 4.93. The fourth-order valence-electron chi connectivity index (χ4n) is 1.97. The Hall–Kier alpha value is -2.92.